The van der Waals surface area contributed by atoms with Crippen molar-refractivity contribution in [2.24, 2.45) is 0 Å². The number of carbonyl (C=O) groups excluding carboxylic acids is 3. The largest absolute Gasteiger partial charge is 0.490 e. The lowest BCUT2D eigenvalue weighted by Crippen LogP contribution is -2.37. The summed E-state index contributed by atoms with van der Waals surface area (Å²) in [6.45, 7) is 4.00. The number of anilines is 1. The Morgan fingerprint density at radius 3 is 2.44 bits per heavy atom. The van der Waals surface area contributed by atoms with E-state index < -0.39 is 24.5 Å². The normalized spacial score (nSPS) is 10.0. The van der Waals surface area contributed by atoms with E-state index in [0.717, 1.165) is 0 Å². The van der Waals surface area contributed by atoms with Crippen LogP contribution in [-0.4, -0.2) is 42.7 Å². The van der Waals surface area contributed by atoms with E-state index in [1.807, 2.05) is 13.8 Å². The molecule has 9 nitrogen and oxygen atoms in total. The van der Waals surface area contributed by atoms with Crippen LogP contribution >= 0.6 is 0 Å². The van der Waals surface area contributed by atoms with Crippen molar-refractivity contribution in [3.05, 3.63) is 42.2 Å². The van der Waals surface area contributed by atoms with E-state index in [0.29, 0.717) is 30.4 Å². The molecule has 1 aromatic carbocycles. The number of urea groups is 1. The maximum absolute atomic E-state index is 11.9. The monoisotopic (exact) mass is 375 g/mol. The van der Waals surface area contributed by atoms with Gasteiger partial charge in [0.15, 0.2) is 18.1 Å². The SMILES string of the molecule is CCOc1ccc(NC(=O)NC(=O)COC(=O)c2ccc[nH]2)cc1OCC. The summed E-state index contributed by atoms with van der Waals surface area (Å²) in [5.41, 5.74) is 0.626. The Balaban J connectivity index is 1.86. The summed E-state index contributed by atoms with van der Waals surface area (Å²) < 4.78 is 15.7. The number of esters is 1. The molecule has 3 N–H and O–H groups in total. The third-order valence-electron chi connectivity index (χ3n) is 3.21. The summed E-state index contributed by atoms with van der Waals surface area (Å²) in [6, 6.07) is 7.23. The second kappa shape index (κ2) is 9.85. The fourth-order valence-corrected chi connectivity index (χ4v) is 2.12. The average Bonchev–Trinajstić information content (AvgIpc) is 3.17. The van der Waals surface area contributed by atoms with Gasteiger partial charge in [-0.25, -0.2) is 9.59 Å². The minimum atomic E-state index is -0.762. The Bertz CT molecular complexity index is 788. The third-order valence-corrected chi connectivity index (χ3v) is 3.21. The van der Waals surface area contributed by atoms with E-state index in [-0.39, 0.29) is 5.69 Å². The van der Waals surface area contributed by atoms with Crippen molar-refractivity contribution in [2.75, 3.05) is 25.1 Å². The van der Waals surface area contributed by atoms with Crippen LogP contribution in [0.5, 0.6) is 11.5 Å². The predicted molar refractivity (Wildman–Crippen MR) is 97.0 cm³/mol. The number of hydrogen-bond donors (Lipinski definition) is 3. The lowest BCUT2D eigenvalue weighted by molar-refractivity contribution is -0.123. The molecule has 0 atom stereocenters. The Morgan fingerprint density at radius 2 is 1.78 bits per heavy atom. The summed E-state index contributed by atoms with van der Waals surface area (Å²) in [5.74, 6) is -0.423. The highest BCUT2D eigenvalue weighted by Crippen LogP contribution is 2.30. The van der Waals surface area contributed by atoms with E-state index in [9.17, 15) is 14.4 Å². The molecule has 0 spiro atoms. The number of rotatable bonds is 8. The number of benzene rings is 1. The van der Waals surface area contributed by atoms with E-state index in [1.54, 1.807) is 30.5 Å². The van der Waals surface area contributed by atoms with Crippen molar-refractivity contribution < 1.29 is 28.6 Å². The van der Waals surface area contributed by atoms with Gasteiger partial charge in [-0.05, 0) is 38.1 Å². The van der Waals surface area contributed by atoms with Gasteiger partial charge < -0.3 is 24.5 Å². The molecule has 0 radical (unpaired) electrons. The highest BCUT2D eigenvalue weighted by Gasteiger charge is 2.14. The number of nitrogens with one attached hydrogen (secondary N) is 3. The van der Waals surface area contributed by atoms with Gasteiger partial charge >= 0.3 is 12.0 Å². The van der Waals surface area contributed by atoms with Gasteiger partial charge in [0.25, 0.3) is 5.91 Å². The molecule has 2 rings (SSSR count). The molecule has 144 valence electrons. The van der Waals surface area contributed by atoms with Gasteiger partial charge in [0.05, 0.1) is 13.2 Å². The second-order valence-electron chi connectivity index (χ2n) is 5.19. The molecule has 0 aliphatic carbocycles. The summed E-state index contributed by atoms with van der Waals surface area (Å²) >= 11 is 0. The van der Waals surface area contributed by atoms with Crippen LogP contribution in [0.1, 0.15) is 24.3 Å². The molecule has 0 fully saturated rings. The standard InChI is InChI=1S/C18H21N3O6/c1-3-25-14-8-7-12(10-15(14)26-4-2)20-18(24)21-16(22)11-27-17(23)13-6-5-9-19-13/h5-10,19H,3-4,11H2,1-2H3,(H2,20,21,22,24). The lowest BCUT2D eigenvalue weighted by atomic mass is 10.2. The minimum absolute atomic E-state index is 0.213. The number of hydrogen-bond acceptors (Lipinski definition) is 6. The Morgan fingerprint density at radius 1 is 1.04 bits per heavy atom. The fourth-order valence-electron chi connectivity index (χ4n) is 2.12. The zero-order chi connectivity index (χ0) is 19.6. The summed E-state index contributed by atoms with van der Waals surface area (Å²) in [6.07, 6.45) is 1.55. The summed E-state index contributed by atoms with van der Waals surface area (Å²) in [4.78, 5) is 37.9. The first-order valence-electron chi connectivity index (χ1n) is 8.34. The number of ether oxygens (including phenoxy) is 3. The van der Waals surface area contributed by atoms with Gasteiger partial charge in [-0.2, -0.15) is 0 Å². The Hall–Kier alpha value is -3.49. The molecule has 9 heteroatoms. The van der Waals surface area contributed by atoms with Crippen LogP contribution in [0.4, 0.5) is 10.5 Å². The summed E-state index contributed by atoms with van der Waals surface area (Å²) in [7, 11) is 0. The molecule has 2 aromatic rings. The van der Waals surface area contributed by atoms with Gasteiger partial charge in [-0.1, -0.05) is 0 Å². The second-order valence-corrected chi connectivity index (χ2v) is 5.19. The van der Waals surface area contributed by atoms with Crippen molar-refractivity contribution >= 4 is 23.6 Å². The maximum atomic E-state index is 11.9. The van der Waals surface area contributed by atoms with Gasteiger partial charge in [-0.3, -0.25) is 10.1 Å². The number of aromatic nitrogens is 1. The Labute approximate surface area is 156 Å². The van der Waals surface area contributed by atoms with Gasteiger partial charge in [0.1, 0.15) is 5.69 Å². The molecule has 1 heterocycles. The smallest absolute Gasteiger partial charge is 0.355 e. The number of aromatic amines is 1. The molecule has 0 saturated heterocycles. The van der Waals surface area contributed by atoms with Crippen LogP contribution in [0.3, 0.4) is 0 Å². The van der Waals surface area contributed by atoms with E-state index in [2.05, 4.69) is 15.6 Å². The molecule has 0 unspecified atom stereocenters. The number of imide groups is 1. The maximum Gasteiger partial charge on any atom is 0.355 e. The molecular weight excluding hydrogens is 354 g/mol. The van der Waals surface area contributed by atoms with Crippen molar-refractivity contribution in [1.82, 2.24) is 10.3 Å². The number of H-pyrrole nitrogens is 1. The topological polar surface area (TPSA) is 119 Å². The molecule has 0 aliphatic heterocycles. The molecule has 0 bridgehead atoms. The predicted octanol–water partition coefficient (Wildman–Crippen LogP) is 2.32. The van der Waals surface area contributed by atoms with Crippen molar-refractivity contribution in [3.63, 3.8) is 0 Å². The first-order valence-corrected chi connectivity index (χ1v) is 8.34. The van der Waals surface area contributed by atoms with E-state index in [1.165, 1.54) is 6.07 Å². The molecule has 1 aromatic heterocycles. The van der Waals surface area contributed by atoms with Crippen LogP contribution in [0, 0.1) is 0 Å². The lowest BCUT2D eigenvalue weighted by Gasteiger charge is -2.13. The van der Waals surface area contributed by atoms with Gasteiger partial charge in [0, 0.05) is 18.0 Å². The Kier molecular flexibility index (Phi) is 7.24. The van der Waals surface area contributed by atoms with Crippen LogP contribution < -0.4 is 20.1 Å². The highest BCUT2D eigenvalue weighted by molar-refractivity contribution is 6.02. The van der Waals surface area contributed by atoms with Crippen LogP contribution in [-0.2, 0) is 9.53 Å². The quantitative estimate of drug-likeness (QED) is 0.609. The van der Waals surface area contributed by atoms with Gasteiger partial charge in [-0.15, -0.1) is 0 Å². The molecular formula is C18H21N3O6. The molecule has 3 amide bonds. The van der Waals surface area contributed by atoms with E-state index in [4.69, 9.17) is 14.2 Å². The first-order chi connectivity index (χ1) is 13.0. The van der Waals surface area contributed by atoms with Crippen LogP contribution in [0.25, 0.3) is 0 Å². The summed E-state index contributed by atoms with van der Waals surface area (Å²) in [5, 5.41) is 4.57. The van der Waals surface area contributed by atoms with Crippen LogP contribution in [0.2, 0.25) is 0 Å². The number of carbonyl (C=O) groups is 3. The zero-order valence-electron chi connectivity index (χ0n) is 15.0. The third kappa shape index (κ3) is 6.07. The zero-order valence-corrected chi connectivity index (χ0v) is 15.0. The van der Waals surface area contributed by atoms with Crippen molar-refractivity contribution in [3.8, 4) is 11.5 Å². The van der Waals surface area contributed by atoms with Crippen LogP contribution in [0.15, 0.2) is 36.5 Å². The molecule has 27 heavy (non-hydrogen) atoms. The number of amides is 3. The highest BCUT2D eigenvalue weighted by atomic mass is 16.5. The van der Waals surface area contributed by atoms with Crippen molar-refractivity contribution in [2.45, 2.75) is 13.8 Å². The van der Waals surface area contributed by atoms with Gasteiger partial charge in [0.2, 0.25) is 0 Å². The minimum Gasteiger partial charge on any atom is -0.490 e. The average molecular weight is 375 g/mol. The van der Waals surface area contributed by atoms with Crippen molar-refractivity contribution in [1.29, 1.82) is 0 Å². The van der Waals surface area contributed by atoms with E-state index >= 15 is 0 Å². The fraction of sp³-hybridized carbons (Fsp3) is 0.278. The molecule has 0 aliphatic rings. The first kappa shape index (κ1) is 19.8. The molecule has 0 saturated carbocycles.